The van der Waals surface area contributed by atoms with Crippen LogP contribution in [0.3, 0.4) is 0 Å². The van der Waals surface area contributed by atoms with Gasteiger partial charge < -0.3 is 9.80 Å². The lowest BCUT2D eigenvalue weighted by atomic mass is 10.0. The Labute approximate surface area is 174 Å². The van der Waals surface area contributed by atoms with Gasteiger partial charge in [-0.1, -0.05) is 103 Å². The standard InChI is InChI=1S/C23H45ClN2O/c1-2-3-4-5-6-7-8-9-10-11-12-13-14-15-16-17-19-25-21-22-26(20-18-24)23(25)27/h2-22H2,1H3. The van der Waals surface area contributed by atoms with Crippen LogP contribution in [-0.2, 0) is 0 Å². The molecule has 1 aliphatic heterocycles. The number of nitrogens with zero attached hydrogens (tertiary/aromatic N) is 2. The molecule has 3 nitrogen and oxygen atoms in total. The minimum absolute atomic E-state index is 0.191. The number of unbranched alkanes of at least 4 members (excludes halogenated alkanes) is 15. The maximum Gasteiger partial charge on any atom is 0.320 e. The zero-order valence-electron chi connectivity index (χ0n) is 18.0. The summed E-state index contributed by atoms with van der Waals surface area (Å²) in [6.07, 6.45) is 22.2. The summed E-state index contributed by atoms with van der Waals surface area (Å²) in [6.45, 7) is 5.64. The van der Waals surface area contributed by atoms with E-state index >= 15 is 0 Å². The number of hydrogen-bond donors (Lipinski definition) is 0. The minimum atomic E-state index is 0.191. The van der Waals surface area contributed by atoms with Crippen LogP contribution in [-0.4, -0.2) is 47.9 Å². The van der Waals surface area contributed by atoms with Crippen LogP contribution in [0.4, 0.5) is 4.79 Å². The first-order valence-corrected chi connectivity index (χ1v) is 12.4. The highest BCUT2D eigenvalue weighted by Crippen LogP contribution is 2.15. The molecule has 0 bridgehead atoms. The van der Waals surface area contributed by atoms with Crippen molar-refractivity contribution in [1.29, 1.82) is 0 Å². The number of carbonyl (C=O) groups is 1. The lowest BCUT2D eigenvalue weighted by molar-refractivity contribution is 0.193. The maximum absolute atomic E-state index is 12.1. The predicted molar refractivity (Wildman–Crippen MR) is 119 cm³/mol. The summed E-state index contributed by atoms with van der Waals surface area (Å²) in [7, 11) is 0. The van der Waals surface area contributed by atoms with Crippen LogP contribution in [0, 0.1) is 0 Å². The Hall–Kier alpha value is -0.440. The second kappa shape index (κ2) is 17.6. The zero-order chi connectivity index (χ0) is 19.6. The van der Waals surface area contributed by atoms with E-state index in [0.29, 0.717) is 12.4 Å². The van der Waals surface area contributed by atoms with E-state index in [1.807, 2.05) is 9.80 Å². The second-order valence-electron chi connectivity index (χ2n) is 8.25. The van der Waals surface area contributed by atoms with Crippen LogP contribution in [0.25, 0.3) is 0 Å². The van der Waals surface area contributed by atoms with Gasteiger partial charge in [0.05, 0.1) is 0 Å². The number of carbonyl (C=O) groups excluding carboxylic acids is 1. The Morgan fingerprint density at radius 2 is 1.00 bits per heavy atom. The fourth-order valence-corrected chi connectivity index (χ4v) is 4.20. The number of urea groups is 1. The van der Waals surface area contributed by atoms with Crippen molar-refractivity contribution in [2.75, 3.05) is 32.1 Å². The van der Waals surface area contributed by atoms with Crippen LogP contribution in [0.2, 0.25) is 0 Å². The quantitative estimate of drug-likeness (QED) is 0.166. The van der Waals surface area contributed by atoms with Crippen molar-refractivity contribution >= 4 is 17.6 Å². The maximum atomic E-state index is 12.1. The molecule has 1 saturated heterocycles. The van der Waals surface area contributed by atoms with E-state index in [1.165, 1.54) is 96.3 Å². The van der Waals surface area contributed by atoms with E-state index in [-0.39, 0.29) is 6.03 Å². The first-order valence-electron chi connectivity index (χ1n) is 11.9. The van der Waals surface area contributed by atoms with Gasteiger partial charge in [-0.25, -0.2) is 4.79 Å². The smallest absolute Gasteiger partial charge is 0.320 e. The molecule has 0 aromatic rings. The molecule has 1 aliphatic rings. The van der Waals surface area contributed by atoms with Gasteiger partial charge in [-0.3, -0.25) is 0 Å². The van der Waals surface area contributed by atoms with Gasteiger partial charge in [0.25, 0.3) is 0 Å². The molecule has 1 heterocycles. The van der Waals surface area contributed by atoms with Crippen molar-refractivity contribution in [2.45, 2.75) is 110 Å². The molecule has 27 heavy (non-hydrogen) atoms. The molecule has 4 heteroatoms. The molecule has 0 atom stereocenters. The third-order valence-electron chi connectivity index (χ3n) is 5.82. The molecule has 0 aromatic carbocycles. The second-order valence-corrected chi connectivity index (χ2v) is 8.63. The van der Waals surface area contributed by atoms with E-state index in [0.717, 1.165) is 26.1 Å². The van der Waals surface area contributed by atoms with Crippen molar-refractivity contribution in [3.63, 3.8) is 0 Å². The van der Waals surface area contributed by atoms with E-state index < -0.39 is 0 Å². The number of hydrogen-bond acceptors (Lipinski definition) is 1. The molecule has 0 spiro atoms. The van der Waals surface area contributed by atoms with Gasteiger partial charge in [0.1, 0.15) is 0 Å². The lowest BCUT2D eigenvalue weighted by Crippen LogP contribution is -2.33. The SMILES string of the molecule is CCCCCCCCCCCCCCCCCCN1CCN(CCCl)C1=O. The number of halogens is 1. The Kier molecular flexibility index (Phi) is 16.1. The monoisotopic (exact) mass is 400 g/mol. The topological polar surface area (TPSA) is 23.6 Å². The Morgan fingerprint density at radius 1 is 0.630 bits per heavy atom. The molecule has 1 fully saturated rings. The van der Waals surface area contributed by atoms with Crippen molar-refractivity contribution in [1.82, 2.24) is 9.80 Å². The van der Waals surface area contributed by atoms with Gasteiger partial charge in [0, 0.05) is 32.1 Å². The summed E-state index contributed by atoms with van der Waals surface area (Å²) in [5.74, 6) is 0.540. The van der Waals surface area contributed by atoms with Gasteiger partial charge in [-0.15, -0.1) is 11.6 Å². The molecule has 160 valence electrons. The molecular formula is C23H45ClN2O. The number of alkyl halides is 1. The molecule has 1 rings (SSSR count). The molecule has 0 N–H and O–H groups in total. The molecule has 0 aromatic heterocycles. The van der Waals surface area contributed by atoms with Crippen LogP contribution < -0.4 is 0 Å². The lowest BCUT2D eigenvalue weighted by Gasteiger charge is -2.17. The van der Waals surface area contributed by atoms with E-state index in [4.69, 9.17) is 11.6 Å². The largest absolute Gasteiger partial charge is 0.323 e. The summed E-state index contributed by atoms with van der Waals surface area (Å²) < 4.78 is 0. The molecular weight excluding hydrogens is 356 g/mol. The average molecular weight is 401 g/mol. The zero-order valence-corrected chi connectivity index (χ0v) is 18.8. The minimum Gasteiger partial charge on any atom is -0.323 e. The number of amides is 2. The average Bonchev–Trinajstić information content (AvgIpc) is 3.01. The van der Waals surface area contributed by atoms with Gasteiger partial charge >= 0.3 is 6.03 Å². The van der Waals surface area contributed by atoms with Gasteiger partial charge in [-0.2, -0.15) is 0 Å². The van der Waals surface area contributed by atoms with Crippen LogP contribution in [0.5, 0.6) is 0 Å². The third kappa shape index (κ3) is 12.6. The summed E-state index contributed by atoms with van der Waals surface area (Å²) in [5, 5.41) is 0. The normalized spacial score (nSPS) is 14.5. The first kappa shape index (κ1) is 24.6. The summed E-state index contributed by atoms with van der Waals surface area (Å²) in [6, 6.07) is 0.191. The van der Waals surface area contributed by atoms with Crippen molar-refractivity contribution in [3.05, 3.63) is 0 Å². The van der Waals surface area contributed by atoms with E-state index in [2.05, 4.69) is 6.92 Å². The Balaban J connectivity index is 1.77. The van der Waals surface area contributed by atoms with E-state index in [9.17, 15) is 4.79 Å². The highest BCUT2D eigenvalue weighted by Gasteiger charge is 2.26. The van der Waals surface area contributed by atoms with Gasteiger partial charge in [0.2, 0.25) is 0 Å². The molecule has 0 saturated carbocycles. The van der Waals surface area contributed by atoms with E-state index in [1.54, 1.807) is 0 Å². The van der Waals surface area contributed by atoms with Gasteiger partial charge in [-0.05, 0) is 6.42 Å². The van der Waals surface area contributed by atoms with Crippen molar-refractivity contribution < 1.29 is 4.79 Å². The number of rotatable bonds is 19. The fraction of sp³-hybridized carbons (Fsp3) is 0.957. The highest BCUT2D eigenvalue weighted by molar-refractivity contribution is 6.18. The predicted octanol–water partition coefficient (Wildman–Crippen LogP) is 7.22. The molecule has 2 amide bonds. The summed E-state index contributed by atoms with van der Waals surface area (Å²) in [5.41, 5.74) is 0. The molecule has 0 aliphatic carbocycles. The highest BCUT2D eigenvalue weighted by atomic mass is 35.5. The summed E-state index contributed by atoms with van der Waals surface area (Å²) >= 11 is 5.73. The van der Waals surface area contributed by atoms with Crippen LogP contribution >= 0.6 is 11.6 Å². The van der Waals surface area contributed by atoms with Gasteiger partial charge in [0.15, 0.2) is 0 Å². The summed E-state index contributed by atoms with van der Waals surface area (Å²) in [4.78, 5) is 16.0. The fourth-order valence-electron chi connectivity index (χ4n) is 4.00. The molecule has 0 unspecified atom stereocenters. The van der Waals surface area contributed by atoms with Crippen molar-refractivity contribution in [3.8, 4) is 0 Å². The molecule has 0 radical (unpaired) electrons. The first-order chi connectivity index (χ1) is 13.3. The van der Waals surface area contributed by atoms with Crippen molar-refractivity contribution in [2.24, 2.45) is 0 Å². The Bertz CT molecular complexity index is 351. The van der Waals surface area contributed by atoms with Crippen LogP contribution in [0.1, 0.15) is 110 Å². The Morgan fingerprint density at radius 3 is 1.41 bits per heavy atom. The van der Waals surface area contributed by atoms with Crippen LogP contribution in [0.15, 0.2) is 0 Å². The third-order valence-corrected chi connectivity index (χ3v) is 5.99.